The maximum atomic E-state index is 11.4. The van der Waals surface area contributed by atoms with Crippen LogP contribution in [0.2, 0.25) is 0 Å². The average molecular weight is 290 g/mol. The van der Waals surface area contributed by atoms with Crippen molar-refractivity contribution < 1.29 is 8.42 Å². The molecule has 1 aliphatic rings. The molecule has 1 fully saturated rings. The third-order valence-corrected chi connectivity index (χ3v) is 5.27. The van der Waals surface area contributed by atoms with Crippen LogP contribution in [0.25, 0.3) is 0 Å². The maximum absolute atomic E-state index is 11.4. The molecule has 1 saturated carbocycles. The van der Waals surface area contributed by atoms with Crippen LogP contribution < -0.4 is 5.73 Å². The Labute approximate surface area is 118 Å². The summed E-state index contributed by atoms with van der Waals surface area (Å²) in [6.07, 6.45) is 7.05. The first-order valence-corrected chi connectivity index (χ1v) is 9.52. The second kappa shape index (κ2) is 7.04. The molecular weight excluding hydrogens is 260 g/mol. The highest BCUT2D eigenvalue weighted by molar-refractivity contribution is 7.90. The highest BCUT2D eigenvalue weighted by Gasteiger charge is 2.38. The molecule has 2 atom stereocenters. The van der Waals surface area contributed by atoms with Gasteiger partial charge in [0.05, 0.1) is 5.75 Å². The van der Waals surface area contributed by atoms with Crippen LogP contribution in [0.15, 0.2) is 0 Å². The second-order valence-corrected chi connectivity index (χ2v) is 8.51. The van der Waals surface area contributed by atoms with Gasteiger partial charge in [0.25, 0.3) is 0 Å². The Morgan fingerprint density at radius 1 is 1.37 bits per heavy atom. The van der Waals surface area contributed by atoms with Crippen LogP contribution in [0.5, 0.6) is 0 Å². The quantitative estimate of drug-likeness (QED) is 0.774. The van der Waals surface area contributed by atoms with E-state index in [2.05, 4.69) is 18.7 Å². The lowest BCUT2D eigenvalue weighted by molar-refractivity contribution is 0.0440. The van der Waals surface area contributed by atoms with E-state index in [0.717, 1.165) is 25.8 Å². The Morgan fingerprint density at radius 3 is 2.53 bits per heavy atom. The number of nitrogens with two attached hydrogens (primary N) is 1. The molecule has 0 aromatic heterocycles. The van der Waals surface area contributed by atoms with Crippen molar-refractivity contribution in [1.29, 1.82) is 0 Å². The van der Waals surface area contributed by atoms with Crippen LogP contribution in [-0.4, -0.2) is 50.5 Å². The fourth-order valence-corrected chi connectivity index (χ4v) is 3.92. The van der Waals surface area contributed by atoms with E-state index >= 15 is 0 Å². The summed E-state index contributed by atoms with van der Waals surface area (Å²) in [5.74, 6) is 0.929. The molecule has 0 heterocycles. The first-order chi connectivity index (χ1) is 8.83. The zero-order valence-electron chi connectivity index (χ0n) is 12.7. The van der Waals surface area contributed by atoms with E-state index in [4.69, 9.17) is 5.73 Å². The van der Waals surface area contributed by atoms with Gasteiger partial charge in [-0.15, -0.1) is 0 Å². The summed E-state index contributed by atoms with van der Waals surface area (Å²) in [7, 11) is -2.91. The third kappa shape index (κ3) is 5.04. The monoisotopic (exact) mass is 290 g/mol. The van der Waals surface area contributed by atoms with Crippen molar-refractivity contribution in [2.24, 2.45) is 11.7 Å². The second-order valence-electron chi connectivity index (χ2n) is 6.25. The Hall–Kier alpha value is -0.130. The molecule has 19 heavy (non-hydrogen) atoms. The molecule has 2 unspecified atom stereocenters. The predicted molar refractivity (Wildman–Crippen MR) is 81.0 cm³/mol. The van der Waals surface area contributed by atoms with Crippen molar-refractivity contribution in [2.45, 2.75) is 51.5 Å². The summed E-state index contributed by atoms with van der Waals surface area (Å²) in [5, 5.41) is 0. The van der Waals surface area contributed by atoms with Crippen molar-refractivity contribution in [2.75, 3.05) is 31.6 Å². The van der Waals surface area contributed by atoms with Crippen molar-refractivity contribution in [3.05, 3.63) is 0 Å². The normalized spacial score (nSPS) is 28.8. The van der Waals surface area contributed by atoms with Gasteiger partial charge < -0.3 is 5.73 Å². The minimum absolute atomic E-state index is 0.0262. The first-order valence-electron chi connectivity index (χ1n) is 7.46. The van der Waals surface area contributed by atoms with E-state index in [1.54, 1.807) is 0 Å². The molecule has 0 saturated heterocycles. The van der Waals surface area contributed by atoms with E-state index in [9.17, 15) is 8.42 Å². The third-order valence-electron chi connectivity index (χ3n) is 4.34. The van der Waals surface area contributed by atoms with E-state index in [0.29, 0.717) is 19.0 Å². The number of hydrogen-bond donors (Lipinski definition) is 1. The van der Waals surface area contributed by atoms with Gasteiger partial charge in [-0.3, -0.25) is 4.90 Å². The topological polar surface area (TPSA) is 63.4 Å². The summed E-state index contributed by atoms with van der Waals surface area (Å²) >= 11 is 0. The maximum Gasteiger partial charge on any atom is 0.148 e. The molecule has 2 N–H and O–H groups in total. The predicted octanol–water partition coefficient (Wildman–Crippen LogP) is 1.65. The van der Waals surface area contributed by atoms with Gasteiger partial charge in [0, 0.05) is 24.9 Å². The molecule has 114 valence electrons. The minimum Gasteiger partial charge on any atom is -0.329 e. The van der Waals surface area contributed by atoms with Crippen molar-refractivity contribution in [3.8, 4) is 0 Å². The van der Waals surface area contributed by atoms with Gasteiger partial charge in [-0.2, -0.15) is 0 Å². The molecule has 0 aromatic carbocycles. The highest BCUT2D eigenvalue weighted by Crippen LogP contribution is 2.36. The van der Waals surface area contributed by atoms with Crippen LogP contribution in [0.3, 0.4) is 0 Å². The van der Waals surface area contributed by atoms with Crippen LogP contribution in [0, 0.1) is 5.92 Å². The van der Waals surface area contributed by atoms with Crippen molar-refractivity contribution >= 4 is 9.84 Å². The van der Waals surface area contributed by atoms with Gasteiger partial charge in [0.15, 0.2) is 0 Å². The first kappa shape index (κ1) is 16.9. The largest absolute Gasteiger partial charge is 0.329 e. The van der Waals surface area contributed by atoms with Gasteiger partial charge in [-0.1, -0.05) is 26.7 Å². The Kier molecular flexibility index (Phi) is 6.27. The summed E-state index contributed by atoms with van der Waals surface area (Å²) in [4.78, 5) is 2.35. The Balaban J connectivity index is 2.81. The minimum atomic E-state index is -2.91. The van der Waals surface area contributed by atoms with Crippen molar-refractivity contribution in [3.63, 3.8) is 0 Å². The number of nitrogens with zero attached hydrogens (tertiary/aromatic N) is 1. The molecule has 0 radical (unpaired) electrons. The Morgan fingerprint density at radius 2 is 2.05 bits per heavy atom. The lowest BCUT2D eigenvalue weighted by atomic mass is 9.75. The zero-order valence-corrected chi connectivity index (χ0v) is 13.5. The molecular formula is C14H30N2O2S. The number of hydrogen-bond acceptors (Lipinski definition) is 4. The number of rotatable bonds is 7. The lowest BCUT2D eigenvalue weighted by Crippen LogP contribution is -2.57. The van der Waals surface area contributed by atoms with Gasteiger partial charge in [-0.25, -0.2) is 8.42 Å². The fraction of sp³-hybridized carbons (Fsp3) is 1.00. The Bertz CT molecular complexity index is 370. The summed E-state index contributed by atoms with van der Waals surface area (Å²) in [6, 6.07) is 0. The van der Waals surface area contributed by atoms with Crippen LogP contribution in [0.1, 0.15) is 46.0 Å². The SMILES string of the molecule is CCCN(CCS(C)(=O)=O)C1(CN)CCCC(C)C1. The molecule has 4 nitrogen and oxygen atoms in total. The van der Waals surface area contributed by atoms with E-state index in [-0.39, 0.29) is 11.3 Å². The molecule has 0 aliphatic heterocycles. The molecule has 0 spiro atoms. The highest BCUT2D eigenvalue weighted by atomic mass is 32.2. The van der Waals surface area contributed by atoms with Crippen molar-refractivity contribution in [1.82, 2.24) is 4.90 Å². The summed E-state index contributed by atoms with van der Waals surface area (Å²) in [5.41, 5.74) is 6.11. The average Bonchev–Trinajstić information content (AvgIpc) is 2.33. The zero-order chi connectivity index (χ0) is 14.5. The molecule has 5 heteroatoms. The van der Waals surface area contributed by atoms with Crippen LogP contribution >= 0.6 is 0 Å². The summed E-state index contributed by atoms with van der Waals surface area (Å²) in [6.45, 7) is 6.63. The van der Waals surface area contributed by atoms with Gasteiger partial charge in [0.1, 0.15) is 9.84 Å². The van der Waals surface area contributed by atoms with Gasteiger partial charge >= 0.3 is 0 Å². The summed E-state index contributed by atoms with van der Waals surface area (Å²) < 4.78 is 22.8. The van der Waals surface area contributed by atoms with Crippen LogP contribution in [-0.2, 0) is 9.84 Å². The number of sulfone groups is 1. The molecule has 0 amide bonds. The molecule has 0 bridgehead atoms. The van der Waals surface area contributed by atoms with Gasteiger partial charge in [-0.05, 0) is 31.7 Å². The van der Waals surface area contributed by atoms with E-state index < -0.39 is 9.84 Å². The molecule has 1 rings (SSSR count). The van der Waals surface area contributed by atoms with E-state index in [1.807, 2.05) is 0 Å². The lowest BCUT2D eigenvalue weighted by Gasteiger charge is -2.48. The van der Waals surface area contributed by atoms with E-state index in [1.165, 1.54) is 19.1 Å². The smallest absolute Gasteiger partial charge is 0.148 e. The fourth-order valence-electron chi connectivity index (χ4n) is 3.37. The standard InChI is InChI=1S/C14H30N2O2S/c1-4-8-16(9-10-19(3,17)18)14(12-15)7-5-6-13(2)11-14/h13H,4-12,15H2,1-3H3. The molecule has 0 aromatic rings. The van der Waals surface area contributed by atoms with Gasteiger partial charge in [0.2, 0.25) is 0 Å². The van der Waals surface area contributed by atoms with Crippen LogP contribution in [0.4, 0.5) is 0 Å². The molecule has 1 aliphatic carbocycles.